The normalized spacial score (nSPS) is 10.4. The predicted molar refractivity (Wildman–Crippen MR) is 150 cm³/mol. The molecule has 194 valence electrons. The molecule has 3 aromatic carbocycles. The van der Waals surface area contributed by atoms with Crippen LogP contribution in [0.2, 0.25) is 0 Å². The van der Waals surface area contributed by atoms with E-state index in [1.54, 1.807) is 30.3 Å². The number of aryl methyl sites for hydroxylation is 1. The van der Waals surface area contributed by atoms with E-state index in [1.807, 2.05) is 53.4 Å². The van der Waals surface area contributed by atoms with E-state index in [-0.39, 0.29) is 24.3 Å². The summed E-state index contributed by atoms with van der Waals surface area (Å²) in [5.41, 5.74) is 3.63. The minimum atomic E-state index is -0.235. The zero-order chi connectivity index (χ0) is 26.5. The lowest BCUT2D eigenvalue weighted by Crippen LogP contribution is -2.32. The molecule has 0 unspecified atom stereocenters. The van der Waals surface area contributed by atoms with Crippen LogP contribution in [0.3, 0.4) is 0 Å². The van der Waals surface area contributed by atoms with Gasteiger partial charge in [0.15, 0.2) is 0 Å². The number of hydrogen-bond acceptors (Lipinski definition) is 4. The molecule has 3 rings (SSSR count). The van der Waals surface area contributed by atoms with Gasteiger partial charge in [0.05, 0.1) is 6.54 Å². The molecule has 0 aliphatic carbocycles. The lowest BCUT2D eigenvalue weighted by atomic mass is 10.1. The first-order valence-electron chi connectivity index (χ1n) is 12.9. The van der Waals surface area contributed by atoms with Crippen molar-refractivity contribution in [3.63, 3.8) is 0 Å². The molecule has 0 saturated carbocycles. The SMILES string of the molecule is CCCN(CCC)C(=O)c1cccc(NC(=O)CNc2cccc(NC(=O)CCc3ccccc3)c2)c1. The lowest BCUT2D eigenvalue weighted by molar-refractivity contribution is -0.116. The molecule has 0 radical (unpaired) electrons. The highest BCUT2D eigenvalue weighted by molar-refractivity contribution is 5.98. The number of carbonyl (C=O) groups is 3. The van der Waals surface area contributed by atoms with Crippen LogP contribution in [0.1, 0.15) is 49.0 Å². The Morgan fingerprint density at radius 2 is 1.32 bits per heavy atom. The third-order valence-electron chi connectivity index (χ3n) is 5.75. The van der Waals surface area contributed by atoms with Gasteiger partial charge in [-0.25, -0.2) is 0 Å². The van der Waals surface area contributed by atoms with Crippen LogP contribution >= 0.6 is 0 Å². The fourth-order valence-corrected chi connectivity index (χ4v) is 3.99. The Morgan fingerprint density at radius 3 is 2.03 bits per heavy atom. The zero-order valence-corrected chi connectivity index (χ0v) is 21.6. The third-order valence-corrected chi connectivity index (χ3v) is 5.75. The second-order valence-corrected chi connectivity index (χ2v) is 8.89. The van der Waals surface area contributed by atoms with Gasteiger partial charge in [0, 0.05) is 42.1 Å². The first-order chi connectivity index (χ1) is 18.0. The largest absolute Gasteiger partial charge is 0.376 e. The van der Waals surface area contributed by atoms with Crippen LogP contribution in [0.25, 0.3) is 0 Å². The van der Waals surface area contributed by atoms with Gasteiger partial charge >= 0.3 is 0 Å². The van der Waals surface area contributed by atoms with Crippen molar-refractivity contribution in [2.75, 3.05) is 35.6 Å². The maximum absolute atomic E-state index is 12.9. The Balaban J connectivity index is 1.50. The highest BCUT2D eigenvalue weighted by atomic mass is 16.2. The van der Waals surface area contributed by atoms with Gasteiger partial charge < -0.3 is 20.9 Å². The molecule has 0 fully saturated rings. The predicted octanol–water partition coefficient (Wildman–Crippen LogP) is 5.57. The van der Waals surface area contributed by atoms with Crippen molar-refractivity contribution in [3.8, 4) is 0 Å². The van der Waals surface area contributed by atoms with Crippen molar-refractivity contribution >= 4 is 34.8 Å². The Kier molecular flexibility index (Phi) is 10.7. The second kappa shape index (κ2) is 14.4. The number of hydrogen-bond donors (Lipinski definition) is 3. The number of nitrogens with one attached hydrogen (secondary N) is 3. The number of rotatable bonds is 13. The molecule has 7 nitrogen and oxygen atoms in total. The average molecular weight is 501 g/mol. The van der Waals surface area contributed by atoms with Crippen molar-refractivity contribution < 1.29 is 14.4 Å². The van der Waals surface area contributed by atoms with E-state index in [2.05, 4.69) is 29.8 Å². The van der Waals surface area contributed by atoms with Gasteiger partial charge in [-0.2, -0.15) is 0 Å². The van der Waals surface area contributed by atoms with Gasteiger partial charge in [-0.15, -0.1) is 0 Å². The van der Waals surface area contributed by atoms with Crippen molar-refractivity contribution in [2.45, 2.75) is 39.5 Å². The lowest BCUT2D eigenvalue weighted by Gasteiger charge is -2.21. The summed E-state index contributed by atoms with van der Waals surface area (Å²) in [6.07, 6.45) is 2.85. The maximum atomic E-state index is 12.9. The molecule has 7 heteroatoms. The summed E-state index contributed by atoms with van der Waals surface area (Å²) in [6, 6.07) is 24.2. The summed E-state index contributed by atoms with van der Waals surface area (Å²) in [4.78, 5) is 39.6. The van der Waals surface area contributed by atoms with Gasteiger partial charge in [-0.3, -0.25) is 14.4 Å². The summed E-state index contributed by atoms with van der Waals surface area (Å²) in [7, 11) is 0. The summed E-state index contributed by atoms with van der Waals surface area (Å²) in [6.45, 7) is 5.56. The number of anilines is 3. The van der Waals surface area contributed by atoms with Gasteiger partial charge in [0.25, 0.3) is 5.91 Å². The molecule has 0 aliphatic rings. The monoisotopic (exact) mass is 500 g/mol. The molecule has 0 aliphatic heterocycles. The van der Waals surface area contributed by atoms with Crippen molar-refractivity contribution in [3.05, 3.63) is 90.0 Å². The summed E-state index contributed by atoms with van der Waals surface area (Å²) in [5, 5.41) is 8.84. The van der Waals surface area contributed by atoms with E-state index >= 15 is 0 Å². The molecular formula is C30H36N4O3. The molecule has 3 amide bonds. The van der Waals surface area contributed by atoms with Crippen LogP contribution in [-0.4, -0.2) is 42.3 Å². The average Bonchev–Trinajstić information content (AvgIpc) is 2.91. The summed E-state index contributed by atoms with van der Waals surface area (Å²) < 4.78 is 0. The van der Waals surface area contributed by atoms with Gasteiger partial charge in [0.2, 0.25) is 11.8 Å². The van der Waals surface area contributed by atoms with Gasteiger partial charge in [0.1, 0.15) is 0 Å². The smallest absolute Gasteiger partial charge is 0.253 e. The van der Waals surface area contributed by atoms with E-state index in [1.165, 1.54) is 0 Å². The first kappa shape index (κ1) is 27.5. The molecule has 0 atom stereocenters. The highest BCUT2D eigenvalue weighted by Gasteiger charge is 2.15. The molecule has 3 aromatic rings. The second-order valence-electron chi connectivity index (χ2n) is 8.89. The van der Waals surface area contributed by atoms with Crippen molar-refractivity contribution in [1.29, 1.82) is 0 Å². The molecular weight excluding hydrogens is 464 g/mol. The van der Waals surface area contributed by atoms with Crippen LogP contribution in [0, 0.1) is 0 Å². The Labute approximate surface area is 219 Å². The standard InChI is InChI=1S/C30H36N4O3/c1-3-18-34(19-4-2)30(37)24-12-8-14-26(20-24)33-29(36)22-31-25-13-9-15-27(21-25)32-28(35)17-16-23-10-6-5-7-11-23/h5-15,20-21,31H,3-4,16-19,22H2,1-2H3,(H,32,35)(H,33,36). The molecule has 3 N–H and O–H groups in total. The molecule has 0 heterocycles. The number of nitrogens with zero attached hydrogens (tertiary/aromatic N) is 1. The van der Waals surface area contributed by atoms with Crippen molar-refractivity contribution in [1.82, 2.24) is 4.90 Å². The minimum Gasteiger partial charge on any atom is -0.376 e. The van der Waals surface area contributed by atoms with Gasteiger partial charge in [-0.1, -0.05) is 56.3 Å². The fourth-order valence-electron chi connectivity index (χ4n) is 3.99. The molecule has 37 heavy (non-hydrogen) atoms. The van der Waals surface area contributed by atoms with E-state index in [0.29, 0.717) is 42.9 Å². The Bertz CT molecular complexity index is 1170. The van der Waals surface area contributed by atoms with Crippen LogP contribution < -0.4 is 16.0 Å². The van der Waals surface area contributed by atoms with E-state index < -0.39 is 0 Å². The van der Waals surface area contributed by atoms with E-state index in [4.69, 9.17) is 0 Å². The van der Waals surface area contributed by atoms with E-state index in [0.717, 1.165) is 24.1 Å². The molecule has 0 bridgehead atoms. The quantitative estimate of drug-likeness (QED) is 0.286. The van der Waals surface area contributed by atoms with E-state index in [9.17, 15) is 14.4 Å². The van der Waals surface area contributed by atoms with Gasteiger partial charge in [-0.05, 0) is 61.2 Å². The van der Waals surface area contributed by atoms with Crippen LogP contribution in [-0.2, 0) is 16.0 Å². The number of carbonyl (C=O) groups excluding carboxylic acids is 3. The summed E-state index contributed by atoms with van der Waals surface area (Å²) >= 11 is 0. The number of amides is 3. The molecule has 0 aromatic heterocycles. The van der Waals surface area contributed by atoms with Crippen LogP contribution in [0.15, 0.2) is 78.9 Å². The first-order valence-corrected chi connectivity index (χ1v) is 12.9. The maximum Gasteiger partial charge on any atom is 0.253 e. The Morgan fingerprint density at radius 1 is 0.703 bits per heavy atom. The highest BCUT2D eigenvalue weighted by Crippen LogP contribution is 2.17. The molecule has 0 saturated heterocycles. The fraction of sp³-hybridized carbons (Fsp3) is 0.300. The van der Waals surface area contributed by atoms with Crippen molar-refractivity contribution in [2.24, 2.45) is 0 Å². The topological polar surface area (TPSA) is 90.5 Å². The third kappa shape index (κ3) is 9.11. The minimum absolute atomic E-state index is 0.0273. The number of benzene rings is 3. The zero-order valence-electron chi connectivity index (χ0n) is 21.6. The molecule has 0 spiro atoms. The van der Waals surface area contributed by atoms with Crippen LogP contribution in [0.5, 0.6) is 0 Å². The van der Waals surface area contributed by atoms with Crippen LogP contribution in [0.4, 0.5) is 17.1 Å². The Hall–Kier alpha value is -4.13. The summed E-state index contributed by atoms with van der Waals surface area (Å²) in [5.74, 6) is -0.328.